The third-order valence-electron chi connectivity index (χ3n) is 4.81. The molecular weight excluding hydrogens is 274 g/mol. The first-order valence-corrected chi connectivity index (χ1v) is 7.72. The maximum absolute atomic E-state index is 12.2. The summed E-state index contributed by atoms with van der Waals surface area (Å²) in [5, 5.41) is 13.4. The highest BCUT2D eigenvalue weighted by Gasteiger charge is 2.58. The lowest BCUT2D eigenvalue weighted by molar-refractivity contribution is 0.0922. The van der Waals surface area contributed by atoms with Crippen LogP contribution in [-0.4, -0.2) is 23.2 Å². The summed E-state index contributed by atoms with van der Waals surface area (Å²) in [7, 11) is 0. The summed E-state index contributed by atoms with van der Waals surface area (Å²) in [6.07, 6.45) is 2.63. The molecule has 2 fully saturated rings. The van der Waals surface area contributed by atoms with Crippen LogP contribution in [-0.2, 0) is 0 Å². The topological polar surface area (TPSA) is 49.3 Å². The normalized spacial score (nSPS) is 32.5. The molecule has 1 aromatic carbocycles. The van der Waals surface area contributed by atoms with E-state index in [9.17, 15) is 9.90 Å². The van der Waals surface area contributed by atoms with Crippen molar-refractivity contribution in [2.75, 3.05) is 0 Å². The van der Waals surface area contributed by atoms with Crippen molar-refractivity contribution in [2.45, 2.75) is 38.3 Å². The smallest absolute Gasteiger partial charge is 0.251 e. The fourth-order valence-electron chi connectivity index (χ4n) is 3.78. The van der Waals surface area contributed by atoms with Crippen molar-refractivity contribution in [3.05, 3.63) is 34.9 Å². The summed E-state index contributed by atoms with van der Waals surface area (Å²) in [6, 6.07) is 7.20. The van der Waals surface area contributed by atoms with Crippen LogP contribution < -0.4 is 5.32 Å². The average molecular weight is 294 g/mol. The number of rotatable bonds is 4. The van der Waals surface area contributed by atoms with Gasteiger partial charge in [-0.25, -0.2) is 0 Å². The lowest BCUT2D eigenvalue weighted by atomic mass is 10.0. The van der Waals surface area contributed by atoms with E-state index in [-0.39, 0.29) is 18.1 Å². The minimum absolute atomic E-state index is 0.0287. The van der Waals surface area contributed by atoms with Gasteiger partial charge in [-0.2, -0.15) is 0 Å². The summed E-state index contributed by atoms with van der Waals surface area (Å²) in [4.78, 5) is 12.2. The standard InChI is InChI=1S/C16H20ClNO2/c1-2-14(15-12-7-11(19)8-13(12)15)18-16(20)9-3-5-10(17)6-4-9/h3-6,11-15,19H,2,7-8H2,1H3,(H,18,20)/t11?,12-,13+,14?,15+. The molecule has 2 N–H and O–H groups in total. The Kier molecular flexibility index (Phi) is 3.74. The van der Waals surface area contributed by atoms with E-state index in [1.54, 1.807) is 24.3 Å². The molecule has 0 aliphatic heterocycles. The Morgan fingerprint density at radius 1 is 1.35 bits per heavy atom. The van der Waals surface area contributed by atoms with Crippen LogP contribution in [0.3, 0.4) is 0 Å². The number of aliphatic hydroxyl groups excluding tert-OH is 1. The Balaban J connectivity index is 1.61. The highest BCUT2D eigenvalue weighted by Crippen LogP contribution is 2.59. The number of fused-ring (bicyclic) bond motifs is 1. The first-order valence-electron chi connectivity index (χ1n) is 7.34. The summed E-state index contributed by atoms with van der Waals surface area (Å²) in [5.74, 6) is 1.75. The highest BCUT2D eigenvalue weighted by molar-refractivity contribution is 6.30. The molecule has 2 saturated carbocycles. The number of halogens is 1. The zero-order valence-corrected chi connectivity index (χ0v) is 12.3. The fourth-order valence-corrected chi connectivity index (χ4v) is 3.91. The molecule has 1 aromatic rings. The van der Waals surface area contributed by atoms with Gasteiger partial charge in [0.2, 0.25) is 0 Å². The van der Waals surface area contributed by atoms with E-state index in [0.29, 0.717) is 28.3 Å². The van der Waals surface area contributed by atoms with Crippen molar-refractivity contribution in [1.29, 1.82) is 0 Å². The first-order chi connectivity index (χ1) is 9.60. The minimum atomic E-state index is -0.120. The van der Waals surface area contributed by atoms with Crippen molar-refractivity contribution < 1.29 is 9.90 Å². The molecule has 108 valence electrons. The van der Waals surface area contributed by atoms with Crippen molar-refractivity contribution in [1.82, 2.24) is 5.32 Å². The van der Waals surface area contributed by atoms with Gasteiger partial charge in [0.15, 0.2) is 0 Å². The number of carbonyl (C=O) groups excluding carboxylic acids is 1. The van der Waals surface area contributed by atoms with Gasteiger partial charge in [0.25, 0.3) is 5.91 Å². The van der Waals surface area contributed by atoms with Gasteiger partial charge in [-0.15, -0.1) is 0 Å². The first kappa shape index (κ1) is 13.9. The number of nitrogens with one attached hydrogen (secondary N) is 1. The van der Waals surface area contributed by atoms with E-state index in [1.807, 2.05) is 0 Å². The Bertz CT molecular complexity index is 490. The predicted octanol–water partition coefficient (Wildman–Crippen LogP) is 2.87. The molecule has 2 unspecified atom stereocenters. The van der Waals surface area contributed by atoms with Gasteiger partial charge < -0.3 is 10.4 Å². The Hall–Kier alpha value is -1.06. The second-order valence-corrected chi connectivity index (χ2v) is 6.46. The van der Waals surface area contributed by atoms with Crippen molar-refractivity contribution in [3.8, 4) is 0 Å². The van der Waals surface area contributed by atoms with E-state index < -0.39 is 0 Å². The van der Waals surface area contributed by atoms with Crippen LogP contribution in [0.1, 0.15) is 36.5 Å². The number of carbonyl (C=O) groups is 1. The molecule has 5 atom stereocenters. The summed E-state index contributed by atoms with van der Waals surface area (Å²) < 4.78 is 0. The van der Waals surface area contributed by atoms with Gasteiger partial charge in [-0.1, -0.05) is 18.5 Å². The number of hydrogen-bond acceptors (Lipinski definition) is 2. The quantitative estimate of drug-likeness (QED) is 0.897. The molecule has 20 heavy (non-hydrogen) atoms. The fraction of sp³-hybridized carbons (Fsp3) is 0.562. The van der Waals surface area contributed by atoms with Gasteiger partial charge in [0.1, 0.15) is 0 Å². The largest absolute Gasteiger partial charge is 0.393 e. The van der Waals surface area contributed by atoms with Crippen LogP contribution in [0.2, 0.25) is 5.02 Å². The van der Waals surface area contributed by atoms with E-state index >= 15 is 0 Å². The molecule has 3 rings (SSSR count). The predicted molar refractivity (Wildman–Crippen MR) is 78.7 cm³/mol. The molecule has 3 nitrogen and oxygen atoms in total. The van der Waals surface area contributed by atoms with Crippen molar-refractivity contribution >= 4 is 17.5 Å². The third-order valence-corrected chi connectivity index (χ3v) is 5.07. The molecule has 4 heteroatoms. The summed E-state index contributed by atoms with van der Waals surface area (Å²) >= 11 is 5.83. The monoisotopic (exact) mass is 293 g/mol. The van der Waals surface area contributed by atoms with Crippen LogP contribution >= 0.6 is 11.6 Å². The highest BCUT2D eigenvalue weighted by atomic mass is 35.5. The molecule has 0 bridgehead atoms. The van der Waals surface area contributed by atoms with Gasteiger partial charge in [-0.3, -0.25) is 4.79 Å². The maximum atomic E-state index is 12.2. The Labute approximate surface area is 124 Å². The number of aliphatic hydroxyl groups is 1. The van der Waals surface area contributed by atoms with Gasteiger partial charge >= 0.3 is 0 Å². The van der Waals surface area contributed by atoms with E-state index in [0.717, 1.165) is 19.3 Å². The van der Waals surface area contributed by atoms with E-state index in [4.69, 9.17) is 11.6 Å². The molecule has 2 aliphatic rings. The van der Waals surface area contributed by atoms with Crippen LogP contribution in [0, 0.1) is 17.8 Å². The number of benzene rings is 1. The lowest BCUT2D eigenvalue weighted by Crippen LogP contribution is -2.37. The van der Waals surface area contributed by atoms with Crippen molar-refractivity contribution in [3.63, 3.8) is 0 Å². The zero-order valence-electron chi connectivity index (χ0n) is 11.6. The minimum Gasteiger partial charge on any atom is -0.393 e. The number of hydrogen-bond donors (Lipinski definition) is 2. The average Bonchev–Trinajstić information content (AvgIpc) is 2.92. The Morgan fingerprint density at radius 3 is 2.50 bits per heavy atom. The molecule has 0 saturated heterocycles. The molecule has 0 radical (unpaired) electrons. The molecule has 1 amide bonds. The van der Waals surface area contributed by atoms with Crippen LogP contribution in [0.4, 0.5) is 0 Å². The van der Waals surface area contributed by atoms with Crippen LogP contribution in [0.5, 0.6) is 0 Å². The second-order valence-electron chi connectivity index (χ2n) is 6.03. The van der Waals surface area contributed by atoms with E-state index in [2.05, 4.69) is 12.2 Å². The Morgan fingerprint density at radius 2 is 1.95 bits per heavy atom. The van der Waals surface area contributed by atoms with Crippen LogP contribution in [0.15, 0.2) is 24.3 Å². The van der Waals surface area contributed by atoms with Crippen molar-refractivity contribution in [2.24, 2.45) is 17.8 Å². The zero-order chi connectivity index (χ0) is 14.3. The molecule has 0 heterocycles. The van der Waals surface area contributed by atoms with Gasteiger partial charge in [0.05, 0.1) is 6.10 Å². The summed E-state index contributed by atoms with van der Waals surface area (Å²) in [5.41, 5.74) is 0.652. The maximum Gasteiger partial charge on any atom is 0.251 e. The SMILES string of the molecule is CCC(NC(=O)c1ccc(Cl)cc1)[C@H]1[C@@H]2CC(O)C[C@@H]21. The number of amides is 1. The molecule has 0 spiro atoms. The van der Waals surface area contributed by atoms with Gasteiger partial charge in [-0.05, 0) is 61.3 Å². The van der Waals surface area contributed by atoms with Crippen LogP contribution in [0.25, 0.3) is 0 Å². The third kappa shape index (κ3) is 2.57. The molecular formula is C16H20ClNO2. The van der Waals surface area contributed by atoms with E-state index in [1.165, 1.54) is 0 Å². The van der Waals surface area contributed by atoms with Gasteiger partial charge in [0, 0.05) is 16.6 Å². The lowest BCUT2D eigenvalue weighted by Gasteiger charge is -2.20. The molecule has 2 aliphatic carbocycles. The summed E-state index contributed by atoms with van der Waals surface area (Å²) in [6.45, 7) is 2.11. The molecule has 0 aromatic heterocycles. The second kappa shape index (κ2) is 5.38.